The Kier molecular flexibility index (Phi) is 5.06. The van der Waals surface area contributed by atoms with E-state index in [0.29, 0.717) is 11.8 Å². The molecule has 1 aliphatic rings. The Balaban J connectivity index is 1.30. The minimum absolute atomic E-state index is 0.222. The molecule has 0 spiro atoms. The van der Waals surface area contributed by atoms with Crippen molar-refractivity contribution in [3.05, 3.63) is 121 Å². The summed E-state index contributed by atoms with van der Waals surface area (Å²) in [6.45, 7) is 4.62. The van der Waals surface area contributed by atoms with Crippen LogP contribution in [-0.4, -0.2) is 19.9 Å². The molecule has 7 aromatic rings. The third-order valence-corrected chi connectivity index (χ3v) is 8.16. The Hall–Kier alpha value is -5.36. The van der Waals surface area contributed by atoms with Gasteiger partial charge in [0.25, 0.3) is 0 Å². The van der Waals surface area contributed by atoms with Gasteiger partial charge in [0.15, 0.2) is 0 Å². The maximum Gasteiger partial charge on any atom is 0.227 e. The van der Waals surface area contributed by atoms with Gasteiger partial charge in [0.05, 0.1) is 23.5 Å². The van der Waals surface area contributed by atoms with Gasteiger partial charge in [-0.1, -0.05) is 50.2 Å². The van der Waals surface area contributed by atoms with Crippen molar-refractivity contribution >= 4 is 10.8 Å². The fraction of sp³-hybridized carbons (Fsp3) is 0.0857. The first-order valence-corrected chi connectivity index (χ1v) is 13.5. The van der Waals surface area contributed by atoms with Crippen molar-refractivity contribution in [2.75, 3.05) is 0 Å². The minimum atomic E-state index is -0.222. The van der Waals surface area contributed by atoms with Gasteiger partial charge < -0.3 is 8.83 Å². The summed E-state index contributed by atoms with van der Waals surface area (Å²) in [6, 6.07) is 21.9. The quantitative estimate of drug-likeness (QED) is 0.226. The number of nitrogens with zero attached hydrogens (tertiary/aromatic N) is 4. The summed E-state index contributed by atoms with van der Waals surface area (Å²) in [6.07, 6.45) is 13.8. The van der Waals surface area contributed by atoms with Crippen molar-refractivity contribution in [2.24, 2.45) is 0 Å². The number of hydrogen-bond donors (Lipinski definition) is 0. The zero-order valence-electron chi connectivity index (χ0n) is 22.5. The highest BCUT2D eigenvalue weighted by atomic mass is 16.3. The van der Waals surface area contributed by atoms with Gasteiger partial charge in [-0.3, -0.25) is 9.97 Å². The van der Waals surface area contributed by atoms with E-state index in [9.17, 15) is 0 Å². The average molecular weight is 533 g/mol. The summed E-state index contributed by atoms with van der Waals surface area (Å²) < 4.78 is 11.1. The molecule has 196 valence electrons. The lowest BCUT2D eigenvalue weighted by atomic mass is 9.80. The molecule has 3 aromatic carbocycles. The topological polar surface area (TPSA) is 77.8 Å². The van der Waals surface area contributed by atoms with E-state index in [1.165, 1.54) is 33.0 Å². The maximum atomic E-state index is 5.56. The van der Waals surface area contributed by atoms with Crippen LogP contribution in [0.2, 0.25) is 0 Å². The van der Waals surface area contributed by atoms with Crippen LogP contribution in [0.3, 0.4) is 0 Å². The van der Waals surface area contributed by atoms with Crippen molar-refractivity contribution in [1.82, 2.24) is 19.9 Å². The fourth-order valence-electron chi connectivity index (χ4n) is 6.15. The molecule has 0 fully saturated rings. The van der Waals surface area contributed by atoms with Crippen molar-refractivity contribution in [3.63, 3.8) is 0 Å². The Morgan fingerprint density at radius 3 is 1.88 bits per heavy atom. The van der Waals surface area contributed by atoms with Gasteiger partial charge >= 0.3 is 0 Å². The molecule has 0 saturated heterocycles. The summed E-state index contributed by atoms with van der Waals surface area (Å²) >= 11 is 0. The first-order chi connectivity index (χ1) is 20.1. The molecular weight excluding hydrogens is 508 g/mol. The summed E-state index contributed by atoms with van der Waals surface area (Å²) in [5.74, 6) is 1.13. The lowest BCUT2D eigenvalue weighted by molar-refractivity contribution is 0.574. The van der Waals surface area contributed by atoms with E-state index in [2.05, 4.69) is 94.4 Å². The second kappa shape index (κ2) is 8.83. The number of oxazole rings is 2. The number of benzene rings is 3. The van der Waals surface area contributed by atoms with Crippen LogP contribution in [0.25, 0.3) is 67.1 Å². The SMILES string of the molecule is CC1(C)c2cc(-c3cncc(-c4ncco4)c3)ccc2-c2c1cc(-c1cncc(-c3ncco3)c1)c1ccccc21. The molecule has 4 heterocycles. The summed E-state index contributed by atoms with van der Waals surface area (Å²) in [4.78, 5) is 17.6. The van der Waals surface area contributed by atoms with E-state index < -0.39 is 0 Å². The van der Waals surface area contributed by atoms with Gasteiger partial charge in [-0.05, 0) is 68.4 Å². The van der Waals surface area contributed by atoms with E-state index in [0.717, 1.165) is 33.4 Å². The smallest absolute Gasteiger partial charge is 0.227 e. The minimum Gasteiger partial charge on any atom is -0.444 e. The van der Waals surface area contributed by atoms with Gasteiger partial charge in [-0.15, -0.1) is 0 Å². The van der Waals surface area contributed by atoms with E-state index in [-0.39, 0.29) is 5.41 Å². The van der Waals surface area contributed by atoms with E-state index in [4.69, 9.17) is 8.83 Å². The fourth-order valence-corrected chi connectivity index (χ4v) is 6.15. The van der Waals surface area contributed by atoms with Gasteiger partial charge in [0.1, 0.15) is 12.5 Å². The van der Waals surface area contributed by atoms with Crippen molar-refractivity contribution < 1.29 is 8.83 Å². The number of aromatic nitrogens is 4. The molecular formula is C35H24N4O2. The average Bonchev–Trinajstić information content (AvgIpc) is 3.79. The molecule has 0 bridgehead atoms. The first kappa shape index (κ1) is 23.5. The molecule has 1 aliphatic carbocycles. The van der Waals surface area contributed by atoms with Gasteiger partial charge in [-0.25, -0.2) is 9.97 Å². The monoisotopic (exact) mass is 532 g/mol. The zero-order chi connectivity index (χ0) is 27.6. The molecule has 0 aliphatic heterocycles. The zero-order valence-corrected chi connectivity index (χ0v) is 22.5. The van der Waals surface area contributed by atoms with Crippen molar-refractivity contribution in [2.45, 2.75) is 19.3 Å². The second-order valence-corrected chi connectivity index (χ2v) is 10.9. The van der Waals surface area contributed by atoms with Gasteiger partial charge in [0, 0.05) is 41.3 Å². The molecule has 0 amide bonds. The van der Waals surface area contributed by atoms with Crippen LogP contribution >= 0.6 is 0 Å². The van der Waals surface area contributed by atoms with Gasteiger partial charge in [-0.2, -0.15) is 0 Å². The molecule has 0 unspecified atom stereocenters. The maximum absolute atomic E-state index is 5.56. The van der Waals surface area contributed by atoms with Crippen LogP contribution in [0.5, 0.6) is 0 Å². The van der Waals surface area contributed by atoms with Crippen molar-refractivity contribution in [1.29, 1.82) is 0 Å². The molecule has 41 heavy (non-hydrogen) atoms. The number of hydrogen-bond acceptors (Lipinski definition) is 6. The molecule has 6 heteroatoms. The van der Waals surface area contributed by atoms with Crippen LogP contribution in [0.4, 0.5) is 0 Å². The molecule has 6 nitrogen and oxygen atoms in total. The van der Waals surface area contributed by atoms with E-state index in [1.54, 1.807) is 37.3 Å². The molecule has 0 N–H and O–H groups in total. The van der Waals surface area contributed by atoms with Crippen molar-refractivity contribution in [3.8, 4) is 56.3 Å². The Labute approximate surface area is 236 Å². The van der Waals surface area contributed by atoms with E-state index in [1.807, 2.05) is 12.4 Å². The molecule has 0 atom stereocenters. The highest BCUT2D eigenvalue weighted by Crippen LogP contribution is 2.54. The Bertz CT molecular complexity index is 2080. The number of pyridine rings is 2. The third kappa shape index (κ3) is 3.64. The predicted molar refractivity (Wildman–Crippen MR) is 159 cm³/mol. The largest absolute Gasteiger partial charge is 0.444 e. The van der Waals surface area contributed by atoms with Crippen LogP contribution in [0.15, 0.2) is 119 Å². The lowest BCUT2D eigenvalue weighted by Gasteiger charge is -2.23. The second-order valence-electron chi connectivity index (χ2n) is 10.9. The summed E-state index contributed by atoms with van der Waals surface area (Å²) in [7, 11) is 0. The highest BCUT2D eigenvalue weighted by Gasteiger charge is 2.37. The van der Waals surface area contributed by atoms with Crippen LogP contribution < -0.4 is 0 Å². The third-order valence-electron chi connectivity index (χ3n) is 8.16. The van der Waals surface area contributed by atoms with Crippen LogP contribution in [0.1, 0.15) is 25.0 Å². The highest BCUT2D eigenvalue weighted by molar-refractivity contribution is 6.09. The molecule has 4 aromatic heterocycles. The molecule has 0 radical (unpaired) electrons. The lowest BCUT2D eigenvalue weighted by Crippen LogP contribution is -2.15. The van der Waals surface area contributed by atoms with Crippen LogP contribution in [0, 0.1) is 0 Å². The number of rotatable bonds is 4. The Morgan fingerprint density at radius 2 is 1.20 bits per heavy atom. The number of fused-ring (bicyclic) bond motifs is 5. The normalized spacial score (nSPS) is 13.3. The predicted octanol–water partition coefficient (Wildman–Crippen LogP) is 8.58. The standard InChI is InChI=1S/C35H24N4O2/c1-35(2)30-15-21(22-13-24(19-36-17-22)33-38-9-11-40-33)7-8-28(30)32-27-6-4-3-5-26(27)29(16-31(32)35)23-14-25(20-37-18-23)34-39-10-12-41-34/h3-20H,1-2H3. The molecule has 0 saturated carbocycles. The Morgan fingerprint density at radius 1 is 0.561 bits per heavy atom. The molecule has 8 rings (SSSR count). The van der Waals surface area contributed by atoms with Gasteiger partial charge in [0.2, 0.25) is 11.8 Å². The summed E-state index contributed by atoms with van der Waals surface area (Å²) in [5, 5.41) is 2.42. The van der Waals surface area contributed by atoms with E-state index >= 15 is 0 Å². The van der Waals surface area contributed by atoms with Crippen LogP contribution in [-0.2, 0) is 5.41 Å². The summed E-state index contributed by atoms with van der Waals surface area (Å²) in [5.41, 5.74) is 10.9. The first-order valence-electron chi connectivity index (χ1n) is 13.5.